The van der Waals surface area contributed by atoms with E-state index in [0.717, 1.165) is 11.8 Å². The molecule has 0 saturated heterocycles. The summed E-state index contributed by atoms with van der Waals surface area (Å²) in [6, 6.07) is 6.48. The lowest BCUT2D eigenvalue weighted by Gasteiger charge is -2.26. The smallest absolute Gasteiger partial charge is 0.408 e. The van der Waals surface area contributed by atoms with Gasteiger partial charge in [0.15, 0.2) is 0 Å². The lowest BCUT2D eigenvalue weighted by molar-refractivity contribution is -0.131. The van der Waals surface area contributed by atoms with Crippen molar-refractivity contribution in [2.75, 3.05) is 12.0 Å². The first-order valence-corrected chi connectivity index (χ1v) is 13.6. The van der Waals surface area contributed by atoms with Crippen molar-refractivity contribution in [1.82, 2.24) is 16.0 Å². The molecule has 0 bridgehead atoms. The van der Waals surface area contributed by atoms with Gasteiger partial charge in [-0.25, -0.2) is 13.2 Å². The second-order valence-electron chi connectivity index (χ2n) is 9.26. The summed E-state index contributed by atoms with van der Waals surface area (Å²) in [5, 5.41) is 7.90. The van der Waals surface area contributed by atoms with Crippen molar-refractivity contribution in [1.29, 1.82) is 0 Å². The summed E-state index contributed by atoms with van der Waals surface area (Å²) >= 11 is 0. The average Bonchev–Trinajstić information content (AvgIpc) is 2.77. The summed E-state index contributed by atoms with van der Waals surface area (Å²) in [7, 11) is -3.25. The largest absolute Gasteiger partial charge is 0.445 e. The van der Waals surface area contributed by atoms with Crippen LogP contribution in [0.25, 0.3) is 0 Å². The van der Waals surface area contributed by atoms with Crippen LogP contribution in [0, 0.1) is 24.2 Å². The maximum absolute atomic E-state index is 13.0. The predicted octanol–water partition coefficient (Wildman–Crippen LogP) is 2.02. The Kier molecular flexibility index (Phi) is 12.3. The van der Waals surface area contributed by atoms with Gasteiger partial charge in [0.05, 0.1) is 11.8 Å². The van der Waals surface area contributed by atoms with E-state index in [2.05, 4.69) is 21.9 Å². The quantitative estimate of drug-likeness (QED) is 0.350. The standard InChI is InChI=1S/C25H37N3O6S/c1-7-20(13-14-35(6,32)33)26-23(29)21(15-17(2)3)27-24(30)22(18(4)5)28-25(31)34-16-19-11-9-8-10-12-19/h1,8-12,17-18,20-22H,13-16H2,2-6H3,(H,26,29)(H,27,30)(H,28,31)/t20-,21+,22+/m1/s1. The number of hydrogen-bond donors (Lipinski definition) is 3. The van der Waals surface area contributed by atoms with Crippen molar-refractivity contribution in [3.05, 3.63) is 35.9 Å². The third-order valence-electron chi connectivity index (χ3n) is 5.07. The Morgan fingerprint density at radius 3 is 2.14 bits per heavy atom. The minimum absolute atomic E-state index is 0.0540. The number of nitrogens with one attached hydrogen (secondary N) is 3. The van der Waals surface area contributed by atoms with Crippen LogP contribution in [0.2, 0.25) is 0 Å². The molecule has 10 heteroatoms. The first-order valence-electron chi connectivity index (χ1n) is 11.5. The molecule has 194 valence electrons. The minimum atomic E-state index is -3.25. The zero-order valence-electron chi connectivity index (χ0n) is 21.0. The highest BCUT2D eigenvalue weighted by molar-refractivity contribution is 7.90. The molecule has 0 radical (unpaired) electrons. The number of ether oxygens (including phenoxy) is 1. The fourth-order valence-corrected chi connectivity index (χ4v) is 3.86. The SMILES string of the molecule is C#C[C@H](CCS(C)(=O)=O)NC(=O)[C@H](CC(C)C)NC(=O)[C@@H](NC(=O)OCc1ccccc1)C(C)C. The van der Waals surface area contributed by atoms with Crippen molar-refractivity contribution in [2.24, 2.45) is 11.8 Å². The fraction of sp³-hybridized carbons (Fsp3) is 0.560. The number of hydrogen-bond acceptors (Lipinski definition) is 6. The Bertz CT molecular complexity index is 986. The highest BCUT2D eigenvalue weighted by Gasteiger charge is 2.30. The number of rotatable bonds is 13. The van der Waals surface area contributed by atoms with E-state index in [9.17, 15) is 22.8 Å². The van der Waals surface area contributed by atoms with Gasteiger partial charge >= 0.3 is 6.09 Å². The molecule has 1 aromatic rings. The molecule has 0 aliphatic carbocycles. The lowest BCUT2D eigenvalue weighted by Crippen LogP contribution is -2.56. The Balaban J connectivity index is 2.82. The van der Waals surface area contributed by atoms with E-state index in [1.807, 2.05) is 44.2 Å². The van der Waals surface area contributed by atoms with Crippen LogP contribution in [-0.2, 0) is 30.8 Å². The maximum atomic E-state index is 13.0. The van der Waals surface area contributed by atoms with Gasteiger partial charge in [-0.1, -0.05) is 63.9 Å². The van der Waals surface area contributed by atoms with Gasteiger partial charge in [0.2, 0.25) is 11.8 Å². The molecule has 9 nitrogen and oxygen atoms in total. The van der Waals surface area contributed by atoms with Crippen molar-refractivity contribution in [3.8, 4) is 12.3 Å². The van der Waals surface area contributed by atoms with E-state index in [-0.39, 0.29) is 30.6 Å². The summed E-state index contributed by atoms with van der Waals surface area (Å²) < 4.78 is 28.1. The number of amides is 3. The normalized spacial score (nSPS) is 13.9. The Morgan fingerprint density at radius 2 is 1.63 bits per heavy atom. The topological polar surface area (TPSA) is 131 Å². The number of terminal acetylenes is 1. The lowest BCUT2D eigenvalue weighted by atomic mass is 9.99. The minimum Gasteiger partial charge on any atom is -0.445 e. The third-order valence-corrected chi connectivity index (χ3v) is 6.05. The van der Waals surface area contributed by atoms with Crippen LogP contribution < -0.4 is 16.0 Å². The molecule has 0 saturated carbocycles. The van der Waals surface area contributed by atoms with E-state index in [4.69, 9.17) is 11.2 Å². The van der Waals surface area contributed by atoms with E-state index in [1.54, 1.807) is 13.8 Å². The number of carbonyl (C=O) groups excluding carboxylic acids is 3. The van der Waals surface area contributed by atoms with Gasteiger partial charge in [0, 0.05) is 6.26 Å². The number of carbonyl (C=O) groups is 3. The van der Waals surface area contributed by atoms with E-state index >= 15 is 0 Å². The van der Waals surface area contributed by atoms with Gasteiger partial charge in [-0.05, 0) is 30.2 Å². The molecule has 0 aliphatic rings. The van der Waals surface area contributed by atoms with Gasteiger partial charge < -0.3 is 20.7 Å². The molecule has 3 amide bonds. The van der Waals surface area contributed by atoms with Crippen molar-refractivity contribution >= 4 is 27.7 Å². The van der Waals surface area contributed by atoms with Crippen LogP contribution in [0.4, 0.5) is 4.79 Å². The van der Waals surface area contributed by atoms with Crippen molar-refractivity contribution in [2.45, 2.75) is 65.3 Å². The summed E-state index contributed by atoms with van der Waals surface area (Å²) in [4.78, 5) is 38.2. The fourth-order valence-electron chi connectivity index (χ4n) is 3.19. The van der Waals surface area contributed by atoms with Crippen LogP contribution in [0.15, 0.2) is 30.3 Å². The Morgan fingerprint density at radius 1 is 1.00 bits per heavy atom. The van der Waals surface area contributed by atoms with Crippen molar-refractivity contribution in [3.63, 3.8) is 0 Å². The number of sulfone groups is 1. The molecule has 0 unspecified atom stereocenters. The van der Waals surface area contributed by atoms with Gasteiger partial charge in [-0.15, -0.1) is 6.42 Å². The summed E-state index contributed by atoms with van der Waals surface area (Å²) in [5.41, 5.74) is 0.806. The Labute approximate surface area is 208 Å². The molecule has 3 N–H and O–H groups in total. The maximum Gasteiger partial charge on any atom is 0.408 e. The molecular weight excluding hydrogens is 470 g/mol. The van der Waals surface area contributed by atoms with E-state index in [0.29, 0.717) is 6.42 Å². The summed E-state index contributed by atoms with van der Waals surface area (Å²) in [6.07, 6.45) is 6.19. The first-order chi connectivity index (χ1) is 16.3. The molecule has 0 heterocycles. The average molecular weight is 508 g/mol. The zero-order valence-corrected chi connectivity index (χ0v) is 21.9. The molecule has 35 heavy (non-hydrogen) atoms. The monoisotopic (exact) mass is 507 g/mol. The summed E-state index contributed by atoms with van der Waals surface area (Å²) in [5.74, 6) is 0.934. The predicted molar refractivity (Wildman–Crippen MR) is 135 cm³/mol. The first kappa shape index (κ1) is 30.0. The highest BCUT2D eigenvalue weighted by Crippen LogP contribution is 2.09. The molecule has 1 rings (SSSR count). The highest BCUT2D eigenvalue weighted by atomic mass is 32.2. The van der Waals surface area contributed by atoms with Crippen LogP contribution in [-0.4, -0.2) is 56.5 Å². The van der Waals surface area contributed by atoms with Crippen LogP contribution in [0.3, 0.4) is 0 Å². The molecule has 3 atom stereocenters. The van der Waals surface area contributed by atoms with E-state index in [1.165, 1.54) is 0 Å². The van der Waals surface area contributed by atoms with Crippen molar-refractivity contribution < 1.29 is 27.5 Å². The van der Waals surface area contributed by atoms with Crippen LogP contribution in [0.1, 0.15) is 46.1 Å². The van der Waals surface area contributed by atoms with Gasteiger partial charge in [-0.3, -0.25) is 9.59 Å². The molecule has 0 spiro atoms. The zero-order chi connectivity index (χ0) is 26.6. The molecular formula is C25H37N3O6S. The van der Waals surface area contributed by atoms with Gasteiger partial charge in [0.1, 0.15) is 28.5 Å². The molecule has 0 fully saturated rings. The number of alkyl carbamates (subject to hydrolysis) is 1. The summed E-state index contributed by atoms with van der Waals surface area (Å²) in [6.45, 7) is 7.37. The Hall–Kier alpha value is -3.06. The molecule has 1 aromatic carbocycles. The van der Waals surface area contributed by atoms with Crippen LogP contribution in [0.5, 0.6) is 0 Å². The molecule has 0 aliphatic heterocycles. The van der Waals surface area contributed by atoms with Gasteiger partial charge in [-0.2, -0.15) is 0 Å². The third kappa shape index (κ3) is 12.3. The van der Waals surface area contributed by atoms with Crippen LogP contribution >= 0.6 is 0 Å². The number of benzene rings is 1. The second kappa shape index (κ2) is 14.4. The molecule has 0 aromatic heterocycles. The van der Waals surface area contributed by atoms with Gasteiger partial charge in [0.25, 0.3) is 0 Å². The second-order valence-corrected chi connectivity index (χ2v) is 11.5. The van der Waals surface area contributed by atoms with E-state index < -0.39 is 45.9 Å².